The van der Waals surface area contributed by atoms with Gasteiger partial charge in [-0.1, -0.05) is 37.0 Å². The Labute approximate surface area is 164 Å². The normalized spacial score (nSPS) is 11.2. The van der Waals surface area contributed by atoms with Crippen molar-refractivity contribution in [2.45, 2.75) is 33.6 Å². The lowest BCUT2D eigenvalue weighted by Crippen LogP contribution is -2.18. The van der Waals surface area contributed by atoms with Crippen molar-refractivity contribution in [1.29, 1.82) is 0 Å². The van der Waals surface area contributed by atoms with Gasteiger partial charge in [0.25, 0.3) is 5.91 Å². The molecule has 0 aliphatic carbocycles. The Hall–Kier alpha value is -2.04. The Bertz CT molecular complexity index is 833. The number of ether oxygens (including phenoxy) is 1. The Morgan fingerprint density at radius 3 is 2.62 bits per heavy atom. The first-order valence-corrected chi connectivity index (χ1v) is 9.14. The van der Waals surface area contributed by atoms with Crippen molar-refractivity contribution in [2.24, 2.45) is 5.10 Å². The van der Waals surface area contributed by atoms with Crippen molar-refractivity contribution in [1.82, 2.24) is 5.43 Å². The lowest BCUT2D eigenvalue weighted by atomic mass is 9.97. The fourth-order valence-electron chi connectivity index (χ4n) is 2.48. The first kappa shape index (κ1) is 20.3. The van der Waals surface area contributed by atoms with Crippen LogP contribution in [0.5, 0.6) is 5.75 Å². The summed E-state index contributed by atoms with van der Waals surface area (Å²) in [6.45, 7) is 8.78. The smallest absolute Gasteiger partial charge is 0.272 e. The van der Waals surface area contributed by atoms with Crippen LogP contribution in [-0.4, -0.2) is 18.7 Å². The van der Waals surface area contributed by atoms with E-state index < -0.39 is 5.91 Å². The topological polar surface area (TPSA) is 50.7 Å². The third kappa shape index (κ3) is 4.99. The molecule has 0 fully saturated rings. The van der Waals surface area contributed by atoms with Crippen molar-refractivity contribution in [3.05, 3.63) is 62.6 Å². The van der Waals surface area contributed by atoms with Crippen LogP contribution in [0.25, 0.3) is 0 Å². The largest absolute Gasteiger partial charge is 0.494 e. The van der Waals surface area contributed by atoms with Gasteiger partial charge in [0.2, 0.25) is 0 Å². The predicted octanol–water partition coefficient (Wildman–Crippen LogP) is 5.59. The summed E-state index contributed by atoms with van der Waals surface area (Å²) < 4.78 is 5.72. The number of hydrazone groups is 1. The highest BCUT2D eigenvalue weighted by Crippen LogP contribution is 2.29. The van der Waals surface area contributed by atoms with Gasteiger partial charge in [-0.3, -0.25) is 4.79 Å². The minimum Gasteiger partial charge on any atom is -0.494 e. The van der Waals surface area contributed by atoms with Gasteiger partial charge in [-0.2, -0.15) is 5.10 Å². The summed E-state index contributed by atoms with van der Waals surface area (Å²) >= 11 is 11.9. The Morgan fingerprint density at radius 2 is 2.00 bits per heavy atom. The molecule has 0 bridgehead atoms. The molecule has 26 heavy (non-hydrogen) atoms. The van der Waals surface area contributed by atoms with Gasteiger partial charge in [0, 0.05) is 5.02 Å². The van der Waals surface area contributed by atoms with Crippen LogP contribution in [0, 0.1) is 6.92 Å². The van der Waals surface area contributed by atoms with Gasteiger partial charge < -0.3 is 4.74 Å². The van der Waals surface area contributed by atoms with E-state index in [0.29, 0.717) is 23.1 Å². The van der Waals surface area contributed by atoms with Crippen LogP contribution >= 0.6 is 23.2 Å². The van der Waals surface area contributed by atoms with E-state index >= 15 is 0 Å². The lowest BCUT2D eigenvalue weighted by molar-refractivity contribution is 0.0955. The summed E-state index contributed by atoms with van der Waals surface area (Å²) in [5, 5.41) is 4.82. The fraction of sp³-hybridized carbons (Fsp3) is 0.300. The fourth-order valence-corrected chi connectivity index (χ4v) is 2.98. The second kappa shape index (κ2) is 9.06. The first-order chi connectivity index (χ1) is 12.3. The number of halogens is 2. The Kier molecular flexibility index (Phi) is 7.06. The van der Waals surface area contributed by atoms with Crippen molar-refractivity contribution in [2.75, 3.05) is 6.61 Å². The molecule has 0 aliphatic rings. The van der Waals surface area contributed by atoms with Crippen LogP contribution in [-0.2, 0) is 0 Å². The quantitative estimate of drug-likeness (QED) is 0.514. The molecule has 0 spiro atoms. The van der Waals surface area contributed by atoms with Crippen LogP contribution in [0.3, 0.4) is 0 Å². The molecule has 0 atom stereocenters. The van der Waals surface area contributed by atoms with E-state index in [2.05, 4.69) is 24.4 Å². The predicted molar refractivity (Wildman–Crippen MR) is 108 cm³/mol. The van der Waals surface area contributed by atoms with Crippen molar-refractivity contribution >= 4 is 35.3 Å². The number of nitrogens with zero attached hydrogens (tertiary/aromatic N) is 1. The molecule has 138 valence electrons. The molecule has 0 heterocycles. The highest BCUT2D eigenvalue weighted by atomic mass is 35.5. The molecule has 2 aromatic carbocycles. The second-order valence-electron chi connectivity index (χ2n) is 6.16. The molecule has 1 N–H and O–H groups in total. The maximum absolute atomic E-state index is 12.2. The third-order valence-electron chi connectivity index (χ3n) is 3.87. The SMILES string of the molecule is CCOc1cc(C)c(/C=N\NC(=O)c2ccc(Cl)cc2Cl)cc1C(C)C. The summed E-state index contributed by atoms with van der Waals surface area (Å²) in [6, 6.07) is 8.73. The summed E-state index contributed by atoms with van der Waals surface area (Å²) in [4.78, 5) is 12.2. The molecule has 0 saturated carbocycles. The second-order valence-corrected chi connectivity index (χ2v) is 7.00. The van der Waals surface area contributed by atoms with Gasteiger partial charge in [-0.25, -0.2) is 5.43 Å². The molecule has 2 aromatic rings. The summed E-state index contributed by atoms with van der Waals surface area (Å²) in [5.74, 6) is 0.802. The van der Waals surface area contributed by atoms with Crippen LogP contribution in [0.1, 0.15) is 53.7 Å². The van der Waals surface area contributed by atoms with Gasteiger partial charge in [-0.15, -0.1) is 0 Å². The average Bonchev–Trinajstić information content (AvgIpc) is 2.56. The first-order valence-electron chi connectivity index (χ1n) is 8.39. The molecule has 0 aliphatic heterocycles. The van der Waals surface area contributed by atoms with Crippen molar-refractivity contribution in [3.8, 4) is 5.75 Å². The monoisotopic (exact) mass is 392 g/mol. The van der Waals surface area contributed by atoms with Crippen LogP contribution < -0.4 is 10.2 Å². The molecule has 0 saturated heterocycles. The molecule has 4 nitrogen and oxygen atoms in total. The Balaban J connectivity index is 2.19. The maximum atomic E-state index is 12.2. The number of nitrogens with one attached hydrogen (secondary N) is 1. The molecule has 0 radical (unpaired) electrons. The minimum atomic E-state index is -0.393. The van der Waals surface area contributed by atoms with Gasteiger partial charge in [0.05, 0.1) is 23.4 Å². The number of rotatable bonds is 6. The van der Waals surface area contributed by atoms with Crippen LogP contribution in [0.15, 0.2) is 35.4 Å². The van der Waals surface area contributed by atoms with E-state index in [1.165, 1.54) is 6.07 Å². The summed E-state index contributed by atoms with van der Waals surface area (Å²) in [5.41, 5.74) is 5.85. The molecule has 1 amide bonds. The standard InChI is InChI=1S/C20H22Cl2N2O2/c1-5-26-19-8-13(4)14(9-17(19)12(2)3)11-23-24-20(25)16-7-6-15(21)10-18(16)22/h6-12H,5H2,1-4H3,(H,24,25)/b23-11-. The minimum absolute atomic E-state index is 0.282. The Morgan fingerprint density at radius 1 is 1.27 bits per heavy atom. The van der Waals surface area contributed by atoms with E-state index in [1.807, 2.05) is 26.0 Å². The van der Waals surface area contributed by atoms with Gasteiger partial charge >= 0.3 is 0 Å². The number of hydrogen-bond acceptors (Lipinski definition) is 3. The average molecular weight is 393 g/mol. The maximum Gasteiger partial charge on any atom is 0.272 e. The third-order valence-corrected chi connectivity index (χ3v) is 4.41. The lowest BCUT2D eigenvalue weighted by Gasteiger charge is -2.15. The van der Waals surface area contributed by atoms with E-state index in [0.717, 1.165) is 22.4 Å². The van der Waals surface area contributed by atoms with Crippen molar-refractivity contribution < 1.29 is 9.53 Å². The molecular formula is C20H22Cl2N2O2. The highest BCUT2D eigenvalue weighted by molar-refractivity contribution is 6.36. The van der Waals surface area contributed by atoms with Gasteiger partial charge in [0.15, 0.2) is 0 Å². The number of amides is 1. The highest BCUT2D eigenvalue weighted by Gasteiger charge is 2.12. The molecule has 0 unspecified atom stereocenters. The van der Waals surface area contributed by atoms with E-state index in [4.69, 9.17) is 27.9 Å². The molecular weight excluding hydrogens is 371 g/mol. The molecule has 0 aromatic heterocycles. The zero-order valence-corrected chi connectivity index (χ0v) is 16.8. The van der Waals surface area contributed by atoms with E-state index in [-0.39, 0.29) is 5.02 Å². The summed E-state index contributed by atoms with van der Waals surface area (Å²) in [6.07, 6.45) is 1.62. The number of benzene rings is 2. The number of carbonyl (C=O) groups is 1. The van der Waals surface area contributed by atoms with Crippen LogP contribution in [0.4, 0.5) is 0 Å². The van der Waals surface area contributed by atoms with Crippen molar-refractivity contribution in [3.63, 3.8) is 0 Å². The summed E-state index contributed by atoms with van der Waals surface area (Å²) in [7, 11) is 0. The van der Waals surface area contributed by atoms with Gasteiger partial charge in [0.1, 0.15) is 5.75 Å². The van der Waals surface area contributed by atoms with E-state index in [9.17, 15) is 4.79 Å². The molecule has 6 heteroatoms. The number of hydrogen-bond donors (Lipinski definition) is 1. The van der Waals surface area contributed by atoms with Gasteiger partial charge in [-0.05, 0) is 66.8 Å². The zero-order chi connectivity index (χ0) is 19.3. The van der Waals surface area contributed by atoms with E-state index in [1.54, 1.807) is 18.3 Å². The number of aryl methyl sites for hydroxylation is 1. The number of carbonyl (C=O) groups excluding carboxylic acids is 1. The zero-order valence-electron chi connectivity index (χ0n) is 15.3. The molecule has 2 rings (SSSR count). The van der Waals surface area contributed by atoms with Crippen LogP contribution in [0.2, 0.25) is 10.0 Å².